The molecule has 0 aliphatic carbocycles. The Labute approximate surface area is 112 Å². The van der Waals surface area contributed by atoms with E-state index in [-0.39, 0.29) is 17.5 Å². The lowest BCUT2D eigenvalue weighted by Crippen LogP contribution is -2.29. The molecule has 18 heavy (non-hydrogen) atoms. The van der Waals surface area contributed by atoms with Gasteiger partial charge in [0.25, 0.3) is 5.56 Å². The van der Waals surface area contributed by atoms with Crippen molar-refractivity contribution in [2.24, 2.45) is 5.41 Å². The summed E-state index contributed by atoms with van der Waals surface area (Å²) in [5, 5.41) is 7.30. The van der Waals surface area contributed by atoms with Crippen molar-refractivity contribution in [1.29, 1.82) is 0 Å². The second-order valence-corrected chi connectivity index (χ2v) is 5.31. The Morgan fingerprint density at radius 2 is 2.28 bits per heavy atom. The van der Waals surface area contributed by atoms with Crippen LogP contribution in [0.3, 0.4) is 0 Å². The van der Waals surface area contributed by atoms with Crippen LogP contribution in [0.25, 0.3) is 0 Å². The van der Waals surface area contributed by atoms with E-state index < -0.39 is 0 Å². The van der Waals surface area contributed by atoms with Crippen molar-refractivity contribution in [2.75, 3.05) is 11.9 Å². The maximum Gasteiger partial charge on any atom is 0.292 e. The first kappa shape index (κ1) is 14.6. The van der Waals surface area contributed by atoms with Gasteiger partial charge in [0.2, 0.25) is 0 Å². The molecule has 1 aromatic rings. The van der Waals surface area contributed by atoms with Crippen molar-refractivity contribution in [1.82, 2.24) is 9.78 Å². The van der Waals surface area contributed by atoms with Crippen molar-refractivity contribution in [3.63, 3.8) is 0 Å². The van der Waals surface area contributed by atoms with Crippen molar-refractivity contribution >= 4 is 17.3 Å². The van der Waals surface area contributed by atoms with Crippen molar-refractivity contribution < 1.29 is 0 Å². The maximum absolute atomic E-state index is 12.0. The summed E-state index contributed by atoms with van der Waals surface area (Å²) in [7, 11) is 0. The van der Waals surface area contributed by atoms with E-state index in [1.165, 1.54) is 10.9 Å². The van der Waals surface area contributed by atoms with E-state index in [0.29, 0.717) is 17.3 Å². The lowest BCUT2D eigenvalue weighted by Gasteiger charge is -2.23. The van der Waals surface area contributed by atoms with Crippen LogP contribution in [0.2, 0.25) is 5.02 Å². The molecule has 1 rings (SSSR count). The smallest absolute Gasteiger partial charge is 0.292 e. The predicted octanol–water partition coefficient (Wildman–Crippen LogP) is 2.38. The monoisotopic (exact) mass is 267 g/mol. The number of halogens is 1. The molecule has 0 aliphatic heterocycles. The predicted molar refractivity (Wildman–Crippen MR) is 74.9 cm³/mol. The summed E-state index contributed by atoms with van der Waals surface area (Å²) in [5.41, 5.74) is 0.173. The van der Waals surface area contributed by atoms with Crippen LogP contribution in [0.4, 0.5) is 5.69 Å². The summed E-state index contributed by atoms with van der Waals surface area (Å²) in [5.74, 6) is 2.38. The fraction of sp³-hybridized carbons (Fsp3) is 0.538. The van der Waals surface area contributed by atoms with E-state index in [0.717, 1.165) is 6.42 Å². The van der Waals surface area contributed by atoms with Gasteiger partial charge in [-0.25, -0.2) is 4.68 Å². The molecular formula is C13H18ClN3O. The summed E-state index contributed by atoms with van der Waals surface area (Å²) in [4.78, 5) is 12.0. The van der Waals surface area contributed by atoms with Gasteiger partial charge < -0.3 is 5.32 Å². The van der Waals surface area contributed by atoms with Crippen molar-refractivity contribution in [2.45, 2.75) is 33.7 Å². The van der Waals surface area contributed by atoms with Crippen LogP contribution in [-0.4, -0.2) is 16.3 Å². The molecule has 0 bridgehead atoms. The van der Waals surface area contributed by atoms with E-state index in [1.807, 2.05) is 0 Å². The fourth-order valence-corrected chi connectivity index (χ4v) is 1.47. The zero-order valence-electron chi connectivity index (χ0n) is 11.0. The Kier molecular flexibility index (Phi) is 4.80. The van der Waals surface area contributed by atoms with Crippen LogP contribution >= 0.6 is 11.6 Å². The van der Waals surface area contributed by atoms with E-state index in [2.05, 4.69) is 37.1 Å². The summed E-state index contributed by atoms with van der Waals surface area (Å²) in [6, 6.07) is 0. The number of rotatable bonds is 5. The van der Waals surface area contributed by atoms with Crippen molar-refractivity contribution in [3.8, 4) is 12.3 Å². The molecule has 0 saturated carbocycles. The third-order valence-electron chi connectivity index (χ3n) is 2.94. The van der Waals surface area contributed by atoms with Crippen LogP contribution < -0.4 is 10.9 Å². The molecular weight excluding hydrogens is 250 g/mol. The Hall–Kier alpha value is -1.47. The van der Waals surface area contributed by atoms with Gasteiger partial charge in [0.05, 0.1) is 11.2 Å². The molecule has 0 radical (unpaired) electrons. The van der Waals surface area contributed by atoms with Gasteiger partial charge in [-0.15, -0.1) is 6.42 Å². The molecule has 4 nitrogen and oxygen atoms in total. The number of hydrogen-bond acceptors (Lipinski definition) is 3. The van der Waals surface area contributed by atoms with Gasteiger partial charge in [-0.2, -0.15) is 5.10 Å². The van der Waals surface area contributed by atoms with Crippen molar-refractivity contribution in [3.05, 3.63) is 21.6 Å². The number of anilines is 1. The molecule has 0 aromatic carbocycles. The zero-order chi connectivity index (χ0) is 13.8. The van der Waals surface area contributed by atoms with Crippen LogP contribution in [0, 0.1) is 17.8 Å². The third kappa shape index (κ3) is 3.51. The Balaban J connectivity index is 2.99. The number of nitrogens with one attached hydrogen (secondary N) is 1. The van der Waals surface area contributed by atoms with Crippen LogP contribution in [0.15, 0.2) is 11.0 Å². The number of aromatic nitrogens is 2. The Morgan fingerprint density at radius 3 is 2.83 bits per heavy atom. The minimum Gasteiger partial charge on any atom is -0.379 e. The number of terminal acetylenes is 1. The largest absolute Gasteiger partial charge is 0.379 e. The van der Waals surface area contributed by atoms with Gasteiger partial charge in [0, 0.05) is 6.54 Å². The molecule has 98 valence electrons. The second kappa shape index (κ2) is 5.92. The molecule has 5 heteroatoms. The van der Waals surface area contributed by atoms with Gasteiger partial charge >= 0.3 is 0 Å². The SMILES string of the molecule is C#CCn1ncc(Cl)c(NCC(C)(C)CC)c1=O. The van der Waals surface area contributed by atoms with E-state index in [4.69, 9.17) is 18.0 Å². The number of hydrogen-bond donors (Lipinski definition) is 1. The highest BCUT2D eigenvalue weighted by Gasteiger charge is 2.17. The van der Waals surface area contributed by atoms with Gasteiger partial charge in [0.15, 0.2) is 0 Å². The summed E-state index contributed by atoms with van der Waals surface area (Å²) in [6.07, 6.45) is 7.61. The lowest BCUT2D eigenvalue weighted by atomic mass is 9.90. The molecule has 0 aliphatic rings. The lowest BCUT2D eigenvalue weighted by molar-refractivity contribution is 0.376. The van der Waals surface area contributed by atoms with Crippen LogP contribution in [0.5, 0.6) is 0 Å². The van der Waals surface area contributed by atoms with E-state index in [1.54, 1.807) is 0 Å². The highest BCUT2D eigenvalue weighted by Crippen LogP contribution is 2.22. The fourth-order valence-electron chi connectivity index (χ4n) is 1.28. The van der Waals surface area contributed by atoms with Crippen LogP contribution in [-0.2, 0) is 6.54 Å². The summed E-state index contributed by atoms with van der Waals surface area (Å²) in [6.45, 7) is 7.15. The molecule has 0 spiro atoms. The summed E-state index contributed by atoms with van der Waals surface area (Å²) < 4.78 is 1.22. The molecule has 0 fully saturated rings. The molecule has 0 saturated heterocycles. The first-order valence-electron chi connectivity index (χ1n) is 5.84. The standard InChI is InChI=1S/C13H18ClN3O/c1-5-7-17-12(18)11(10(14)8-16-17)15-9-13(3,4)6-2/h1,8,15H,6-7,9H2,2-4H3. The summed E-state index contributed by atoms with van der Waals surface area (Å²) >= 11 is 5.98. The minimum absolute atomic E-state index is 0.0932. The van der Waals surface area contributed by atoms with Gasteiger partial charge in [-0.05, 0) is 11.8 Å². The van der Waals surface area contributed by atoms with Gasteiger partial charge in [-0.1, -0.05) is 38.3 Å². The third-order valence-corrected chi connectivity index (χ3v) is 3.23. The topological polar surface area (TPSA) is 46.9 Å². The van der Waals surface area contributed by atoms with E-state index >= 15 is 0 Å². The second-order valence-electron chi connectivity index (χ2n) is 4.91. The highest BCUT2D eigenvalue weighted by atomic mass is 35.5. The quantitative estimate of drug-likeness (QED) is 0.834. The minimum atomic E-state index is -0.285. The molecule has 0 atom stereocenters. The molecule has 1 heterocycles. The van der Waals surface area contributed by atoms with E-state index in [9.17, 15) is 4.79 Å². The van der Waals surface area contributed by atoms with Gasteiger partial charge in [0.1, 0.15) is 12.2 Å². The Bertz CT molecular complexity index is 514. The molecule has 1 aromatic heterocycles. The Morgan fingerprint density at radius 1 is 1.61 bits per heavy atom. The first-order chi connectivity index (χ1) is 8.41. The maximum atomic E-state index is 12.0. The molecule has 0 unspecified atom stereocenters. The highest BCUT2D eigenvalue weighted by molar-refractivity contribution is 6.32. The average molecular weight is 268 g/mol. The molecule has 0 amide bonds. The first-order valence-corrected chi connectivity index (χ1v) is 6.22. The van der Waals surface area contributed by atoms with Crippen LogP contribution in [0.1, 0.15) is 27.2 Å². The normalized spacial score (nSPS) is 11.1. The average Bonchev–Trinajstić information content (AvgIpc) is 2.33. The number of nitrogens with zero attached hydrogens (tertiary/aromatic N) is 2. The molecule has 1 N–H and O–H groups in total. The zero-order valence-corrected chi connectivity index (χ0v) is 11.7. The van der Waals surface area contributed by atoms with Gasteiger partial charge in [-0.3, -0.25) is 4.79 Å².